The van der Waals surface area contributed by atoms with E-state index in [9.17, 15) is 0 Å². The Hall–Kier alpha value is -0.0400. The van der Waals surface area contributed by atoms with Crippen molar-refractivity contribution >= 4 is 0 Å². The molecule has 13 heavy (non-hydrogen) atoms. The van der Waals surface area contributed by atoms with Crippen molar-refractivity contribution < 1.29 is 4.74 Å². The molecule has 6 unspecified atom stereocenters. The van der Waals surface area contributed by atoms with Crippen LogP contribution in [0.15, 0.2) is 0 Å². The maximum atomic E-state index is 5.68. The first-order valence-electron chi connectivity index (χ1n) is 5.91. The van der Waals surface area contributed by atoms with Crippen LogP contribution in [0.25, 0.3) is 0 Å². The highest BCUT2D eigenvalue weighted by atomic mass is 16.6. The van der Waals surface area contributed by atoms with Gasteiger partial charge in [-0.1, -0.05) is 26.7 Å². The summed E-state index contributed by atoms with van der Waals surface area (Å²) >= 11 is 0. The molecule has 1 aliphatic heterocycles. The molecule has 0 aromatic heterocycles. The Bertz CT molecular complexity index is 213. The van der Waals surface area contributed by atoms with Gasteiger partial charge < -0.3 is 4.74 Å². The van der Waals surface area contributed by atoms with Crippen LogP contribution in [0.1, 0.15) is 39.5 Å². The van der Waals surface area contributed by atoms with E-state index < -0.39 is 0 Å². The summed E-state index contributed by atoms with van der Waals surface area (Å²) in [5.74, 6) is 3.83. The molecule has 3 rings (SSSR count). The number of hydrogen-bond acceptors (Lipinski definition) is 1. The summed E-state index contributed by atoms with van der Waals surface area (Å²) in [6.45, 7) is 4.87. The van der Waals surface area contributed by atoms with Crippen molar-refractivity contribution in [2.24, 2.45) is 23.7 Å². The van der Waals surface area contributed by atoms with Gasteiger partial charge in [0.25, 0.3) is 0 Å². The zero-order chi connectivity index (χ0) is 9.00. The summed E-state index contributed by atoms with van der Waals surface area (Å²) in [6.07, 6.45) is 7.11. The molecule has 0 spiro atoms. The number of rotatable bonds is 0. The smallest absolute Gasteiger partial charge is 0.0875 e. The van der Waals surface area contributed by atoms with Crippen molar-refractivity contribution in [1.82, 2.24) is 0 Å². The van der Waals surface area contributed by atoms with Crippen LogP contribution in [0.2, 0.25) is 0 Å². The van der Waals surface area contributed by atoms with Gasteiger partial charge in [-0.05, 0) is 36.5 Å². The maximum Gasteiger partial charge on any atom is 0.0875 e. The van der Waals surface area contributed by atoms with Gasteiger partial charge in [0.05, 0.1) is 12.2 Å². The second-order valence-corrected chi connectivity index (χ2v) is 5.61. The lowest BCUT2D eigenvalue weighted by molar-refractivity contribution is 0.153. The molecular weight excluding hydrogens is 160 g/mol. The van der Waals surface area contributed by atoms with Crippen LogP contribution in [-0.4, -0.2) is 12.2 Å². The zero-order valence-electron chi connectivity index (χ0n) is 8.70. The Morgan fingerprint density at radius 1 is 1.08 bits per heavy atom. The van der Waals surface area contributed by atoms with Crippen LogP contribution in [0.4, 0.5) is 0 Å². The molecule has 1 nitrogen and oxygen atoms in total. The van der Waals surface area contributed by atoms with Crippen molar-refractivity contribution in [2.75, 3.05) is 0 Å². The molecule has 74 valence electrons. The average molecular weight is 180 g/mol. The van der Waals surface area contributed by atoms with Gasteiger partial charge in [-0.3, -0.25) is 0 Å². The molecule has 6 atom stereocenters. The summed E-state index contributed by atoms with van der Waals surface area (Å²) < 4.78 is 5.68. The standard InChI is InChI=1S/C12H20O/c1-7-3-4-8(2)11-9(5-7)6-10-12(11)13-10/h7-12H,3-6H2,1-2H3. The van der Waals surface area contributed by atoms with Gasteiger partial charge in [0, 0.05) is 0 Å². The van der Waals surface area contributed by atoms with Gasteiger partial charge in [-0.25, -0.2) is 0 Å². The van der Waals surface area contributed by atoms with E-state index >= 15 is 0 Å². The Balaban J connectivity index is 1.80. The Labute approximate surface area is 80.8 Å². The van der Waals surface area contributed by atoms with Gasteiger partial charge in [0.1, 0.15) is 0 Å². The molecule has 0 aromatic rings. The third kappa shape index (κ3) is 1.24. The lowest BCUT2D eigenvalue weighted by Crippen LogP contribution is -2.21. The average Bonchev–Trinajstić information content (AvgIpc) is 2.76. The highest BCUT2D eigenvalue weighted by molar-refractivity contribution is 5.04. The van der Waals surface area contributed by atoms with E-state index in [2.05, 4.69) is 13.8 Å². The van der Waals surface area contributed by atoms with Gasteiger partial charge in [-0.15, -0.1) is 0 Å². The number of fused-ring (bicyclic) bond motifs is 3. The molecule has 0 aromatic carbocycles. The second kappa shape index (κ2) is 2.73. The van der Waals surface area contributed by atoms with Crippen molar-refractivity contribution in [3.05, 3.63) is 0 Å². The predicted molar refractivity (Wildman–Crippen MR) is 52.4 cm³/mol. The first-order chi connectivity index (χ1) is 6.25. The molecule has 1 heteroatoms. The van der Waals surface area contributed by atoms with E-state index in [0.717, 1.165) is 23.7 Å². The third-order valence-electron chi connectivity index (χ3n) is 4.56. The molecule has 0 bridgehead atoms. The maximum absolute atomic E-state index is 5.68. The number of hydrogen-bond donors (Lipinski definition) is 0. The van der Waals surface area contributed by atoms with Crippen molar-refractivity contribution in [3.63, 3.8) is 0 Å². The molecule has 3 aliphatic rings. The van der Waals surface area contributed by atoms with Crippen LogP contribution >= 0.6 is 0 Å². The molecule has 3 fully saturated rings. The molecule has 2 saturated carbocycles. The first-order valence-corrected chi connectivity index (χ1v) is 5.91. The normalized spacial score (nSPS) is 59.5. The van der Waals surface area contributed by atoms with Gasteiger partial charge >= 0.3 is 0 Å². The number of ether oxygens (including phenoxy) is 1. The largest absolute Gasteiger partial charge is 0.369 e. The van der Waals surface area contributed by atoms with Crippen LogP contribution in [-0.2, 0) is 4.74 Å². The minimum Gasteiger partial charge on any atom is -0.369 e. The molecular formula is C12H20O. The highest BCUT2D eigenvalue weighted by Crippen LogP contribution is 2.54. The van der Waals surface area contributed by atoms with Crippen LogP contribution < -0.4 is 0 Å². The van der Waals surface area contributed by atoms with E-state index in [1.807, 2.05) is 0 Å². The minimum atomic E-state index is 0.683. The van der Waals surface area contributed by atoms with Gasteiger partial charge in [-0.2, -0.15) is 0 Å². The van der Waals surface area contributed by atoms with Crippen molar-refractivity contribution in [2.45, 2.75) is 51.7 Å². The van der Waals surface area contributed by atoms with Gasteiger partial charge in [0.15, 0.2) is 0 Å². The predicted octanol–water partition coefficient (Wildman–Crippen LogP) is 2.85. The topological polar surface area (TPSA) is 12.5 Å². The summed E-state index contributed by atoms with van der Waals surface area (Å²) in [6, 6.07) is 0. The third-order valence-corrected chi connectivity index (χ3v) is 4.56. The van der Waals surface area contributed by atoms with Crippen LogP contribution in [0, 0.1) is 23.7 Å². The Morgan fingerprint density at radius 3 is 2.77 bits per heavy atom. The fraction of sp³-hybridized carbons (Fsp3) is 1.00. The summed E-state index contributed by atoms with van der Waals surface area (Å²) in [7, 11) is 0. The molecule has 0 amide bonds. The lowest BCUT2D eigenvalue weighted by Gasteiger charge is -2.24. The fourth-order valence-electron chi connectivity index (χ4n) is 3.82. The molecule has 1 heterocycles. The fourth-order valence-corrected chi connectivity index (χ4v) is 3.82. The SMILES string of the molecule is CC1CCC(C)C2C(C1)CC1OC12. The Morgan fingerprint density at radius 2 is 1.92 bits per heavy atom. The lowest BCUT2D eigenvalue weighted by atomic mass is 9.83. The molecule has 0 N–H and O–H groups in total. The second-order valence-electron chi connectivity index (χ2n) is 5.61. The van der Waals surface area contributed by atoms with E-state index in [0.29, 0.717) is 12.2 Å². The van der Waals surface area contributed by atoms with Crippen molar-refractivity contribution in [3.8, 4) is 0 Å². The van der Waals surface area contributed by atoms with E-state index in [1.54, 1.807) is 0 Å². The van der Waals surface area contributed by atoms with Crippen LogP contribution in [0.3, 0.4) is 0 Å². The van der Waals surface area contributed by atoms with E-state index in [-0.39, 0.29) is 0 Å². The molecule has 2 aliphatic carbocycles. The highest BCUT2D eigenvalue weighted by Gasteiger charge is 2.57. The summed E-state index contributed by atoms with van der Waals surface area (Å²) in [5, 5.41) is 0. The van der Waals surface area contributed by atoms with Crippen molar-refractivity contribution in [1.29, 1.82) is 0 Å². The Kier molecular flexibility index (Phi) is 1.74. The zero-order valence-corrected chi connectivity index (χ0v) is 8.70. The minimum absolute atomic E-state index is 0.683. The van der Waals surface area contributed by atoms with E-state index in [1.165, 1.54) is 25.7 Å². The number of epoxide rings is 1. The monoisotopic (exact) mass is 180 g/mol. The van der Waals surface area contributed by atoms with E-state index in [4.69, 9.17) is 4.74 Å². The van der Waals surface area contributed by atoms with Crippen LogP contribution in [0.5, 0.6) is 0 Å². The quantitative estimate of drug-likeness (QED) is 0.522. The summed E-state index contributed by atoms with van der Waals surface area (Å²) in [4.78, 5) is 0. The summed E-state index contributed by atoms with van der Waals surface area (Å²) in [5.41, 5.74) is 0. The molecule has 0 radical (unpaired) electrons. The first kappa shape index (κ1) is 8.28. The van der Waals surface area contributed by atoms with Gasteiger partial charge in [0.2, 0.25) is 0 Å². The molecule has 1 saturated heterocycles.